The van der Waals surface area contributed by atoms with Crippen molar-refractivity contribution in [3.8, 4) is 0 Å². The first kappa shape index (κ1) is 17.8. The number of alkyl halides is 8. The quantitative estimate of drug-likeness (QED) is 0.505. The Labute approximate surface area is 116 Å². The molecule has 0 saturated heterocycles. The number of rotatable bonds is 6. The van der Waals surface area contributed by atoms with E-state index < -0.39 is 33.7 Å². The summed E-state index contributed by atoms with van der Waals surface area (Å²) in [5, 5.41) is 0. The zero-order chi connectivity index (χ0) is 14.0. The summed E-state index contributed by atoms with van der Waals surface area (Å²) in [6, 6.07) is 0. The van der Waals surface area contributed by atoms with Crippen LogP contribution in [0.25, 0.3) is 0 Å². The number of hydrogen-bond acceptors (Lipinski definition) is 1. The number of halogens is 8. The summed E-state index contributed by atoms with van der Waals surface area (Å²) < 4.78 is 49.4. The van der Waals surface area contributed by atoms with Gasteiger partial charge in [-0.15, -0.1) is 0 Å². The van der Waals surface area contributed by atoms with Crippen molar-refractivity contribution < 1.29 is 22.3 Å². The molecule has 0 bridgehead atoms. The third-order valence-corrected chi connectivity index (χ3v) is 3.96. The molecule has 0 spiro atoms. The number of ether oxygens (including phenoxy) is 1. The normalized spacial score (nSPS) is 17.6. The molecule has 0 radical (unpaired) electrons. The Morgan fingerprint density at radius 2 is 1.00 bits per heavy atom. The Morgan fingerprint density at radius 1 is 0.765 bits per heavy atom. The molecule has 0 aliphatic rings. The average molecular weight is 340 g/mol. The SMILES string of the molecule is CC(OC(C)C(Cl)(Cl)C(F)F)C(Cl)(Cl)C(F)F. The molecule has 0 aromatic rings. The summed E-state index contributed by atoms with van der Waals surface area (Å²) in [5.74, 6) is 0. The lowest BCUT2D eigenvalue weighted by atomic mass is 10.2. The van der Waals surface area contributed by atoms with Gasteiger partial charge in [0.2, 0.25) is 8.67 Å². The van der Waals surface area contributed by atoms with Crippen LogP contribution in [0.4, 0.5) is 17.6 Å². The van der Waals surface area contributed by atoms with Gasteiger partial charge in [-0.3, -0.25) is 0 Å². The van der Waals surface area contributed by atoms with E-state index >= 15 is 0 Å². The zero-order valence-corrected chi connectivity index (χ0v) is 11.8. The van der Waals surface area contributed by atoms with Crippen molar-refractivity contribution in [2.75, 3.05) is 0 Å². The molecule has 0 saturated carbocycles. The smallest absolute Gasteiger partial charge is 0.273 e. The van der Waals surface area contributed by atoms with Gasteiger partial charge in [0.15, 0.2) is 0 Å². The molecule has 9 heteroatoms. The van der Waals surface area contributed by atoms with Crippen molar-refractivity contribution in [2.24, 2.45) is 0 Å². The molecule has 0 fully saturated rings. The van der Waals surface area contributed by atoms with E-state index in [1.807, 2.05) is 0 Å². The van der Waals surface area contributed by atoms with Crippen LogP contribution in [0.2, 0.25) is 0 Å². The van der Waals surface area contributed by atoms with Crippen LogP contribution in [0.3, 0.4) is 0 Å². The Hall–Kier alpha value is 0.840. The van der Waals surface area contributed by atoms with Crippen LogP contribution in [0.15, 0.2) is 0 Å². The first-order chi connectivity index (χ1) is 7.44. The third kappa shape index (κ3) is 4.46. The van der Waals surface area contributed by atoms with E-state index in [2.05, 4.69) is 0 Å². The maximum atomic E-state index is 12.4. The van der Waals surface area contributed by atoms with Crippen LogP contribution in [0.1, 0.15) is 13.8 Å². The molecular formula is C8H10Cl4F4O. The highest BCUT2D eigenvalue weighted by molar-refractivity contribution is 6.50. The Bertz CT molecular complexity index is 226. The Kier molecular flexibility index (Phi) is 6.64. The van der Waals surface area contributed by atoms with Gasteiger partial charge in [0.05, 0.1) is 12.2 Å². The van der Waals surface area contributed by atoms with Crippen LogP contribution in [-0.4, -0.2) is 33.7 Å². The monoisotopic (exact) mass is 338 g/mol. The molecule has 0 rings (SSSR count). The maximum absolute atomic E-state index is 12.4. The molecule has 0 aromatic carbocycles. The molecule has 0 aliphatic carbocycles. The van der Waals surface area contributed by atoms with E-state index in [4.69, 9.17) is 51.1 Å². The van der Waals surface area contributed by atoms with Crippen LogP contribution >= 0.6 is 46.4 Å². The summed E-state index contributed by atoms with van der Waals surface area (Å²) in [4.78, 5) is 0. The summed E-state index contributed by atoms with van der Waals surface area (Å²) in [5.41, 5.74) is 0. The molecule has 17 heavy (non-hydrogen) atoms. The van der Waals surface area contributed by atoms with Crippen LogP contribution in [0, 0.1) is 0 Å². The fourth-order valence-corrected chi connectivity index (χ4v) is 1.05. The van der Waals surface area contributed by atoms with Gasteiger partial charge in [0.25, 0.3) is 12.9 Å². The molecule has 2 unspecified atom stereocenters. The molecule has 0 heterocycles. The maximum Gasteiger partial charge on any atom is 0.273 e. The highest BCUT2D eigenvalue weighted by Gasteiger charge is 2.48. The summed E-state index contributed by atoms with van der Waals surface area (Å²) >= 11 is 21.2. The minimum atomic E-state index is -3.11. The molecule has 0 amide bonds. The first-order valence-electron chi connectivity index (χ1n) is 4.41. The molecule has 1 nitrogen and oxygen atoms in total. The standard InChI is InChI=1S/C8H10Cl4F4O/c1-3(7(9,10)5(13)14)17-4(2)8(11,12)6(15)16/h3-6H,1-2H3. The van der Waals surface area contributed by atoms with Gasteiger partial charge in [0.1, 0.15) is 0 Å². The largest absolute Gasteiger partial charge is 0.369 e. The third-order valence-electron chi connectivity index (χ3n) is 2.07. The van der Waals surface area contributed by atoms with Crippen molar-refractivity contribution in [3.05, 3.63) is 0 Å². The van der Waals surface area contributed by atoms with Crippen molar-refractivity contribution in [1.82, 2.24) is 0 Å². The van der Waals surface area contributed by atoms with E-state index in [0.29, 0.717) is 0 Å². The van der Waals surface area contributed by atoms with Gasteiger partial charge in [-0.2, -0.15) is 0 Å². The topological polar surface area (TPSA) is 9.23 Å². The fourth-order valence-electron chi connectivity index (χ4n) is 0.842. The van der Waals surface area contributed by atoms with Gasteiger partial charge < -0.3 is 4.74 Å². The van der Waals surface area contributed by atoms with Crippen LogP contribution < -0.4 is 0 Å². The predicted octanol–water partition coefficient (Wildman–Crippen LogP) is 4.66. The Morgan fingerprint density at radius 3 is 1.18 bits per heavy atom. The van der Waals surface area contributed by atoms with Crippen LogP contribution in [-0.2, 0) is 4.74 Å². The van der Waals surface area contributed by atoms with Crippen molar-refractivity contribution in [2.45, 2.75) is 47.6 Å². The lowest BCUT2D eigenvalue weighted by Crippen LogP contribution is -2.45. The minimum Gasteiger partial charge on any atom is -0.369 e. The lowest BCUT2D eigenvalue weighted by molar-refractivity contribution is -0.0587. The molecule has 0 aliphatic heterocycles. The summed E-state index contributed by atoms with van der Waals surface area (Å²) in [6.07, 6.45) is -9.09. The Balaban J connectivity index is 4.65. The van der Waals surface area contributed by atoms with Crippen molar-refractivity contribution in [3.63, 3.8) is 0 Å². The van der Waals surface area contributed by atoms with E-state index in [1.54, 1.807) is 0 Å². The molecular weight excluding hydrogens is 330 g/mol. The predicted molar refractivity (Wildman–Crippen MR) is 60.9 cm³/mol. The van der Waals surface area contributed by atoms with Crippen molar-refractivity contribution >= 4 is 46.4 Å². The van der Waals surface area contributed by atoms with Gasteiger partial charge in [-0.05, 0) is 13.8 Å². The summed E-state index contributed by atoms with van der Waals surface area (Å²) in [6.45, 7) is 2.22. The second-order valence-corrected chi connectivity index (χ2v) is 6.26. The highest BCUT2D eigenvalue weighted by Crippen LogP contribution is 2.39. The minimum absolute atomic E-state index is 1.11. The van der Waals surface area contributed by atoms with Gasteiger partial charge >= 0.3 is 0 Å². The molecule has 104 valence electrons. The van der Waals surface area contributed by atoms with E-state index in [-0.39, 0.29) is 0 Å². The number of hydrogen-bond donors (Lipinski definition) is 0. The van der Waals surface area contributed by atoms with Gasteiger partial charge in [-0.25, -0.2) is 17.6 Å². The van der Waals surface area contributed by atoms with Crippen LogP contribution in [0.5, 0.6) is 0 Å². The van der Waals surface area contributed by atoms with Crippen molar-refractivity contribution in [1.29, 1.82) is 0 Å². The fraction of sp³-hybridized carbons (Fsp3) is 1.00. The summed E-state index contributed by atoms with van der Waals surface area (Å²) in [7, 11) is 0. The first-order valence-corrected chi connectivity index (χ1v) is 5.92. The molecule has 0 N–H and O–H groups in total. The second kappa shape index (κ2) is 6.33. The zero-order valence-electron chi connectivity index (χ0n) is 8.74. The highest BCUT2D eigenvalue weighted by atomic mass is 35.5. The molecule has 2 atom stereocenters. The lowest BCUT2D eigenvalue weighted by Gasteiger charge is -2.33. The van der Waals surface area contributed by atoms with E-state index in [0.717, 1.165) is 13.8 Å². The van der Waals surface area contributed by atoms with E-state index in [9.17, 15) is 17.6 Å². The average Bonchev–Trinajstić information content (AvgIpc) is 2.16. The second-order valence-electron chi connectivity index (χ2n) is 3.37. The van der Waals surface area contributed by atoms with E-state index in [1.165, 1.54) is 0 Å². The van der Waals surface area contributed by atoms with Gasteiger partial charge in [0, 0.05) is 0 Å². The molecule has 0 aromatic heterocycles. The van der Waals surface area contributed by atoms with Gasteiger partial charge in [-0.1, -0.05) is 46.4 Å².